The largest absolute Gasteiger partial charge is 0.497 e. The number of urea groups is 1. The third-order valence-corrected chi connectivity index (χ3v) is 4.75. The van der Waals surface area contributed by atoms with Crippen LogP contribution in [0.15, 0.2) is 53.4 Å². The molecule has 0 aliphatic carbocycles. The molecule has 2 rings (SSSR count). The van der Waals surface area contributed by atoms with E-state index in [4.69, 9.17) is 9.47 Å². The van der Waals surface area contributed by atoms with E-state index in [1.807, 2.05) is 0 Å². The number of benzene rings is 2. The summed E-state index contributed by atoms with van der Waals surface area (Å²) in [6, 6.07) is 11.2. The number of hydrogen-bond acceptors (Lipinski definition) is 4. The first kappa shape index (κ1) is 21.5. The molecule has 0 radical (unpaired) electrons. The average Bonchev–Trinajstić information content (AvgIpc) is 2.67. The van der Waals surface area contributed by atoms with Crippen LogP contribution >= 0.6 is 0 Å². The van der Waals surface area contributed by atoms with Crippen molar-refractivity contribution in [3.8, 4) is 11.5 Å². The maximum Gasteiger partial charge on any atom is 0.475 e. The Hall–Kier alpha value is -2.75. The number of alkyl halides is 3. The van der Waals surface area contributed by atoms with E-state index in [0.717, 1.165) is 12.1 Å². The van der Waals surface area contributed by atoms with Crippen LogP contribution in [0.1, 0.15) is 0 Å². The Bertz CT molecular complexity index is 811. The van der Waals surface area contributed by atoms with Crippen molar-refractivity contribution in [2.45, 2.75) is 10.4 Å². The molecule has 2 amide bonds. The number of ether oxygens (including phenoxy) is 2. The van der Waals surface area contributed by atoms with E-state index in [-0.39, 0.29) is 23.7 Å². The van der Waals surface area contributed by atoms with E-state index in [9.17, 15) is 22.2 Å². The van der Waals surface area contributed by atoms with Gasteiger partial charge in [-0.15, -0.1) is 0 Å². The van der Waals surface area contributed by atoms with Crippen LogP contribution in [0.4, 0.5) is 23.7 Å². The van der Waals surface area contributed by atoms with Crippen molar-refractivity contribution in [3.63, 3.8) is 0 Å². The van der Waals surface area contributed by atoms with E-state index in [2.05, 4.69) is 5.32 Å². The zero-order valence-electron chi connectivity index (χ0n) is 15.2. The number of carbonyl (C=O) groups is 1. The Morgan fingerprint density at radius 3 is 2.18 bits per heavy atom. The molecule has 6 nitrogen and oxygen atoms in total. The van der Waals surface area contributed by atoms with Crippen LogP contribution in [0.5, 0.6) is 11.5 Å². The molecule has 0 heterocycles. The van der Waals surface area contributed by atoms with Crippen molar-refractivity contribution in [2.75, 3.05) is 32.6 Å². The summed E-state index contributed by atoms with van der Waals surface area (Å²) in [6.45, 7) is 0.536. The smallest absolute Gasteiger partial charge is 0.475 e. The first-order chi connectivity index (χ1) is 13.2. The van der Waals surface area contributed by atoms with Gasteiger partial charge in [0, 0.05) is 17.6 Å². The van der Waals surface area contributed by atoms with Crippen LogP contribution in [0, 0.1) is 0 Å². The molecular formula is C18H19F3N2O4S. The quantitative estimate of drug-likeness (QED) is 0.744. The molecule has 0 fully saturated rings. The first-order valence-corrected chi connectivity index (χ1v) is 9.23. The van der Waals surface area contributed by atoms with Crippen molar-refractivity contribution >= 4 is 22.5 Å². The molecule has 0 saturated carbocycles. The van der Waals surface area contributed by atoms with Crippen LogP contribution in [0.2, 0.25) is 0 Å². The summed E-state index contributed by atoms with van der Waals surface area (Å²) in [5.74, 6) is 1.33. The fourth-order valence-electron chi connectivity index (χ4n) is 2.09. The second kappa shape index (κ2) is 9.45. The minimum absolute atomic E-state index is 0.250. The maximum atomic E-state index is 12.4. The summed E-state index contributed by atoms with van der Waals surface area (Å²) < 4.78 is 59.1. The number of nitrogens with one attached hydrogen (secondary N) is 1. The zero-order chi connectivity index (χ0) is 20.7. The number of amides is 2. The number of rotatable bonds is 7. The van der Waals surface area contributed by atoms with Gasteiger partial charge in [-0.3, -0.25) is 0 Å². The van der Waals surface area contributed by atoms with Crippen molar-refractivity contribution in [1.29, 1.82) is 0 Å². The van der Waals surface area contributed by atoms with Crippen molar-refractivity contribution < 1.29 is 31.6 Å². The van der Waals surface area contributed by atoms with Crippen LogP contribution in [0.3, 0.4) is 0 Å². The summed E-state index contributed by atoms with van der Waals surface area (Å²) in [6.07, 6.45) is 0. The van der Waals surface area contributed by atoms with E-state index in [1.165, 1.54) is 17.0 Å². The van der Waals surface area contributed by atoms with Gasteiger partial charge in [-0.05, 0) is 48.5 Å². The highest BCUT2D eigenvalue weighted by Gasteiger charge is 2.37. The van der Waals surface area contributed by atoms with E-state index in [0.29, 0.717) is 11.5 Å². The lowest BCUT2D eigenvalue weighted by atomic mass is 10.3. The third-order valence-electron chi connectivity index (χ3n) is 3.63. The average molecular weight is 416 g/mol. The molecule has 0 aromatic heterocycles. The van der Waals surface area contributed by atoms with Gasteiger partial charge in [-0.25, -0.2) is 9.00 Å². The second-order valence-corrected chi connectivity index (χ2v) is 7.09. The van der Waals surface area contributed by atoms with E-state index in [1.54, 1.807) is 38.4 Å². The van der Waals surface area contributed by atoms with Crippen LogP contribution < -0.4 is 14.8 Å². The van der Waals surface area contributed by atoms with Crippen LogP contribution in [-0.2, 0) is 10.8 Å². The van der Waals surface area contributed by atoms with Gasteiger partial charge in [0.05, 0.1) is 13.7 Å². The molecule has 1 N–H and O–H groups in total. The number of nitrogens with zero attached hydrogens (tertiary/aromatic N) is 1. The van der Waals surface area contributed by atoms with Crippen molar-refractivity contribution in [3.05, 3.63) is 48.5 Å². The molecule has 152 valence electrons. The number of carbonyl (C=O) groups excluding carboxylic acids is 1. The Morgan fingerprint density at radius 1 is 1.07 bits per heavy atom. The van der Waals surface area contributed by atoms with Crippen molar-refractivity contribution in [2.24, 2.45) is 0 Å². The molecular weight excluding hydrogens is 397 g/mol. The Labute approximate surface area is 162 Å². The fraction of sp³-hybridized carbons (Fsp3) is 0.278. The van der Waals surface area contributed by atoms with E-state index < -0.39 is 22.3 Å². The molecule has 2 aromatic rings. The molecule has 0 saturated heterocycles. The Kier molecular flexibility index (Phi) is 7.27. The minimum Gasteiger partial charge on any atom is -0.497 e. The molecule has 0 spiro atoms. The molecule has 28 heavy (non-hydrogen) atoms. The molecule has 0 bridgehead atoms. The van der Waals surface area contributed by atoms with Gasteiger partial charge in [0.2, 0.25) is 0 Å². The normalized spacial score (nSPS) is 12.2. The second-order valence-electron chi connectivity index (χ2n) is 5.61. The number of halogens is 3. The number of methoxy groups -OCH3 is 1. The van der Waals surface area contributed by atoms with Crippen LogP contribution in [0.25, 0.3) is 0 Å². The lowest BCUT2D eigenvalue weighted by molar-refractivity contribution is -0.0384. The van der Waals surface area contributed by atoms with Gasteiger partial charge in [-0.2, -0.15) is 13.2 Å². The summed E-state index contributed by atoms with van der Waals surface area (Å²) in [5, 5.41) is 2.55. The third kappa shape index (κ3) is 6.15. The predicted octanol–water partition coefficient (Wildman–Crippen LogP) is 3.87. The Morgan fingerprint density at radius 2 is 1.64 bits per heavy atom. The molecule has 0 aliphatic heterocycles. The summed E-state index contributed by atoms with van der Waals surface area (Å²) in [7, 11) is 0.0148. The molecule has 0 aliphatic rings. The molecule has 0 unspecified atom stereocenters. The minimum atomic E-state index is -4.82. The molecule has 10 heteroatoms. The fourth-order valence-corrected chi connectivity index (χ4v) is 2.74. The highest BCUT2D eigenvalue weighted by molar-refractivity contribution is 7.86. The lowest BCUT2D eigenvalue weighted by Crippen LogP contribution is -2.34. The monoisotopic (exact) mass is 416 g/mol. The van der Waals surface area contributed by atoms with Gasteiger partial charge >= 0.3 is 11.5 Å². The Balaban J connectivity index is 1.82. The maximum absolute atomic E-state index is 12.4. The molecule has 1 atom stereocenters. The van der Waals surface area contributed by atoms with E-state index >= 15 is 0 Å². The van der Waals surface area contributed by atoms with Gasteiger partial charge in [0.25, 0.3) is 0 Å². The van der Waals surface area contributed by atoms with Crippen molar-refractivity contribution in [1.82, 2.24) is 4.90 Å². The van der Waals surface area contributed by atoms with Gasteiger partial charge in [-0.1, -0.05) is 0 Å². The standard InChI is InChI=1S/C18H19F3N2O4S/c1-23(11-12-27-15-7-5-14(26-2)6-8-15)17(24)22-13-3-9-16(10-4-13)28(25)18(19,20)21/h3-10H,11-12H2,1-2H3,(H,22,24)/t28-/m0/s1. The van der Waals surface area contributed by atoms with Crippen LogP contribution in [-0.4, -0.2) is 48.0 Å². The highest BCUT2D eigenvalue weighted by Crippen LogP contribution is 2.27. The predicted molar refractivity (Wildman–Crippen MR) is 99.0 cm³/mol. The summed E-state index contributed by atoms with van der Waals surface area (Å²) in [4.78, 5) is 13.1. The number of hydrogen-bond donors (Lipinski definition) is 1. The van der Waals surface area contributed by atoms with Gasteiger partial charge in [0.15, 0.2) is 10.8 Å². The molecule has 2 aromatic carbocycles. The van der Waals surface area contributed by atoms with Gasteiger partial charge < -0.3 is 19.7 Å². The zero-order valence-corrected chi connectivity index (χ0v) is 16.0. The number of anilines is 1. The topological polar surface area (TPSA) is 67.9 Å². The highest BCUT2D eigenvalue weighted by atomic mass is 32.2. The SMILES string of the molecule is COc1ccc(OCCN(C)C(=O)Nc2ccc([S@](=O)C(F)(F)F)cc2)cc1. The van der Waals surface area contributed by atoms with Gasteiger partial charge in [0.1, 0.15) is 18.1 Å². The number of likely N-dealkylation sites (N-methyl/N-ethyl adjacent to an activating group) is 1. The summed E-state index contributed by atoms with van der Waals surface area (Å²) >= 11 is 0. The first-order valence-electron chi connectivity index (χ1n) is 8.08. The lowest BCUT2D eigenvalue weighted by Gasteiger charge is -2.18. The summed E-state index contributed by atoms with van der Waals surface area (Å²) in [5.41, 5.74) is -4.54.